The molecular weight excluding hydrogens is 252 g/mol. The molecule has 5 nitrogen and oxygen atoms in total. The normalized spacial score (nSPS) is 10.8. The maximum absolute atomic E-state index is 12.2. The van der Waals surface area contributed by atoms with Gasteiger partial charge in [0.25, 0.3) is 5.91 Å². The number of carbonyl (C=O) groups is 1. The fourth-order valence-electron chi connectivity index (χ4n) is 2.25. The van der Waals surface area contributed by atoms with E-state index < -0.39 is 0 Å². The molecule has 0 atom stereocenters. The number of aromatic nitrogens is 3. The Kier molecular flexibility index (Phi) is 3.25. The van der Waals surface area contributed by atoms with Crippen LogP contribution in [-0.2, 0) is 6.54 Å². The summed E-state index contributed by atoms with van der Waals surface area (Å²) in [6.07, 6.45) is 5.61. The van der Waals surface area contributed by atoms with E-state index in [9.17, 15) is 4.79 Å². The number of nitrogens with zero attached hydrogens (tertiary/aromatic N) is 2. The molecule has 102 valence electrons. The molecule has 0 aliphatic heterocycles. The maximum Gasteiger partial charge on any atom is 0.252 e. The van der Waals surface area contributed by atoms with Gasteiger partial charge in [-0.1, -0.05) is 6.07 Å². The number of rotatable bonds is 4. The van der Waals surface area contributed by atoms with Gasteiger partial charge in [-0.15, -0.1) is 0 Å². The molecule has 0 aliphatic rings. The summed E-state index contributed by atoms with van der Waals surface area (Å²) in [5.41, 5.74) is 2.79. The number of fused-ring (bicyclic) bond motifs is 1. The minimum Gasteiger partial charge on any atom is -0.361 e. The van der Waals surface area contributed by atoms with Crippen molar-refractivity contribution >= 4 is 16.8 Å². The maximum atomic E-state index is 12.2. The molecule has 3 aromatic rings. The van der Waals surface area contributed by atoms with Crippen molar-refractivity contribution in [1.29, 1.82) is 0 Å². The fraction of sp³-hybridized carbons (Fsp3) is 0.200. The molecule has 2 N–H and O–H groups in total. The summed E-state index contributed by atoms with van der Waals surface area (Å²) in [6, 6.07) is 7.59. The average Bonchev–Trinajstić information content (AvgIpc) is 3.06. The van der Waals surface area contributed by atoms with Crippen molar-refractivity contribution in [3.8, 4) is 0 Å². The Labute approximate surface area is 116 Å². The van der Waals surface area contributed by atoms with E-state index in [0.717, 1.165) is 16.5 Å². The number of aryl methyl sites for hydroxylation is 1. The molecule has 0 unspecified atom stereocenters. The molecule has 3 rings (SSSR count). The minimum atomic E-state index is -0.0564. The topological polar surface area (TPSA) is 62.7 Å². The molecule has 1 amide bonds. The van der Waals surface area contributed by atoms with Crippen molar-refractivity contribution in [2.24, 2.45) is 0 Å². The summed E-state index contributed by atoms with van der Waals surface area (Å²) in [7, 11) is 0. The highest BCUT2D eigenvalue weighted by Gasteiger charge is 2.09. The quantitative estimate of drug-likeness (QED) is 0.761. The molecule has 0 bridgehead atoms. The van der Waals surface area contributed by atoms with Gasteiger partial charge in [0.1, 0.15) is 0 Å². The van der Waals surface area contributed by atoms with Crippen LogP contribution in [0, 0.1) is 6.92 Å². The first-order valence-electron chi connectivity index (χ1n) is 6.57. The van der Waals surface area contributed by atoms with Crippen LogP contribution in [-0.4, -0.2) is 27.2 Å². The van der Waals surface area contributed by atoms with Crippen molar-refractivity contribution in [3.05, 3.63) is 54.0 Å². The van der Waals surface area contributed by atoms with Crippen LogP contribution in [0.3, 0.4) is 0 Å². The standard InChI is InChI=1S/C15H16N4O/c1-11-9-18-19(10-11)8-7-17-15(20)13-3-2-4-14-12(13)5-6-16-14/h2-6,9-10,16H,7-8H2,1H3,(H,17,20). The van der Waals surface area contributed by atoms with Crippen LogP contribution in [0.1, 0.15) is 15.9 Å². The van der Waals surface area contributed by atoms with Crippen LogP contribution in [0.2, 0.25) is 0 Å². The van der Waals surface area contributed by atoms with E-state index >= 15 is 0 Å². The molecular formula is C15H16N4O. The third kappa shape index (κ3) is 2.42. The van der Waals surface area contributed by atoms with Crippen LogP contribution in [0.4, 0.5) is 0 Å². The van der Waals surface area contributed by atoms with Gasteiger partial charge in [0, 0.05) is 35.4 Å². The molecule has 20 heavy (non-hydrogen) atoms. The molecule has 0 saturated carbocycles. The van der Waals surface area contributed by atoms with E-state index in [1.54, 1.807) is 0 Å². The Morgan fingerprint density at radius 1 is 1.40 bits per heavy atom. The lowest BCUT2D eigenvalue weighted by molar-refractivity contribution is 0.0953. The van der Waals surface area contributed by atoms with Gasteiger partial charge in [0.05, 0.1) is 12.7 Å². The lowest BCUT2D eigenvalue weighted by atomic mass is 10.1. The highest BCUT2D eigenvalue weighted by molar-refractivity contribution is 6.06. The number of hydrogen-bond donors (Lipinski definition) is 2. The van der Waals surface area contributed by atoms with Gasteiger partial charge in [-0.2, -0.15) is 5.10 Å². The smallest absolute Gasteiger partial charge is 0.252 e. The van der Waals surface area contributed by atoms with E-state index in [1.807, 2.05) is 54.5 Å². The Bertz CT molecular complexity index is 741. The van der Waals surface area contributed by atoms with E-state index in [0.29, 0.717) is 18.7 Å². The van der Waals surface area contributed by atoms with E-state index in [4.69, 9.17) is 0 Å². The predicted molar refractivity (Wildman–Crippen MR) is 77.6 cm³/mol. The molecule has 0 saturated heterocycles. The molecule has 0 fully saturated rings. The summed E-state index contributed by atoms with van der Waals surface area (Å²) in [5.74, 6) is -0.0564. The Morgan fingerprint density at radius 2 is 2.30 bits per heavy atom. The second kappa shape index (κ2) is 5.21. The lowest BCUT2D eigenvalue weighted by Gasteiger charge is -2.06. The minimum absolute atomic E-state index is 0.0564. The third-order valence-electron chi connectivity index (χ3n) is 3.23. The van der Waals surface area contributed by atoms with E-state index in [1.165, 1.54) is 0 Å². The first-order chi connectivity index (χ1) is 9.74. The largest absolute Gasteiger partial charge is 0.361 e. The van der Waals surface area contributed by atoms with E-state index in [-0.39, 0.29) is 5.91 Å². The number of nitrogens with one attached hydrogen (secondary N) is 2. The molecule has 1 aromatic carbocycles. The van der Waals surface area contributed by atoms with Crippen molar-refractivity contribution in [1.82, 2.24) is 20.1 Å². The van der Waals surface area contributed by atoms with Crippen LogP contribution in [0.15, 0.2) is 42.9 Å². The highest BCUT2D eigenvalue weighted by Crippen LogP contribution is 2.16. The monoisotopic (exact) mass is 268 g/mol. The number of benzene rings is 1. The molecule has 2 heterocycles. The van der Waals surface area contributed by atoms with E-state index in [2.05, 4.69) is 15.4 Å². The van der Waals surface area contributed by atoms with Gasteiger partial charge in [0.2, 0.25) is 0 Å². The lowest BCUT2D eigenvalue weighted by Crippen LogP contribution is -2.27. The predicted octanol–water partition coefficient (Wildman–Crippen LogP) is 2.10. The molecule has 0 aliphatic carbocycles. The van der Waals surface area contributed by atoms with Crippen LogP contribution >= 0.6 is 0 Å². The number of amides is 1. The van der Waals surface area contributed by atoms with Gasteiger partial charge in [-0.25, -0.2) is 0 Å². The highest BCUT2D eigenvalue weighted by atomic mass is 16.1. The summed E-state index contributed by atoms with van der Waals surface area (Å²) in [6.45, 7) is 3.22. The van der Waals surface area contributed by atoms with Crippen molar-refractivity contribution in [3.63, 3.8) is 0 Å². The first kappa shape index (κ1) is 12.5. The third-order valence-corrected chi connectivity index (χ3v) is 3.23. The number of hydrogen-bond acceptors (Lipinski definition) is 2. The second-order valence-electron chi connectivity index (χ2n) is 4.78. The summed E-state index contributed by atoms with van der Waals surface area (Å²) >= 11 is 0. The van der Waals surface area contributed by atoms with Gasteiger partial charge >= 0.3 is 0 Å². The first-order valence-corrected chi connectivity index (χ1v) is 6.57. The zero-order chi connectivity index (χ0) is 13.9. The van der Waals surface area contributed by atoms with Gasteiger partial charge in [0.15, 0.2) is 0 Å². The average molecular weight is 268 g/mol. The second-order valence-corrected chi connectivity index (χ2v) is 4.78. The SMILES string of the molecule is Cc1cnn(CCNC(=O)c2cccc3[nH]ccc23)c1. The van der Waals surface area contributed by atoms with Crippen LogP contribution < -0.4 is 5.32 Å². The Morgan fingerprint density at radius 3 is 3.10 bits per heavy atom. The van der Waals surface area contributed by atoms with Gasteiger partial charge in [-0.05, 0) is 30.7 Å². The number of carbonyl (C=O) groups excluding carboxylic acids is 1. The van der Waals surface area contributed by atoms with Gasteiger partial charge < -0.3 is 10.3 Å². The zero-order valence-corrected chi connectivity index (χ0v) is 11.3. The summed E-state index contributed by atoms with van der Waals surface area (Å²) in [4.78, 5) is 15.3. The number of H-pyrrole nitrogens is 1. The molecule has 0 radical (unpaired) electrons. The van der Waals surface area contributed by atoms with Crippen molar-refractivity contribution in [2.75, 3.05) is 6.54 Å². The van der Waals surface area contributed by atoms with Gasteiger partial charge in [-0.3, -0.25) is 9.48 Å². The molecule has 2 aromatic heterocycles. The number of aromatic amines is 1. The van der Waals surface area contributed by atoms with Crippen LogP contribution in [0.5, 0.6) is 0 Å². The molecule has 5 heteroatoms. The van der Waals surface area contributed by atoms with Crippen molar-refractivity contribution < 1.29 is 4.79 Å². The van der Waals surface area contributed by atoms with Crippen LogP contribution in [0.25, 0.3) is 10.9 Å². The Hall–Kier alpha value is -2.56. The fourth-order valence-corrected chi connectivity index (χ4v) is 2.25. The van der Waals surface area contributed by atoms with Crippen molar-refractivity contribution in [2.45, 2.75) is 13.5 Å². The summed E-state index contributed by atoms with van der Waals surface area (Å²) < 4.78 is 1.83. The Balaban J connectivity index is 1.66. The zero-order valence-electron chi connectivity index (χ0n) is 11.3. The molecule has 0 spiro atoms. The summed E-state index contributed by atoms with van der Waals surface area (Å²) in [5, 5.41) is 8.06.